The van der Waals surface area contributed by atoms with Crippen molar-refractivity contribution < 1.29 is 8.78 Å². The molecule has 0 saturated heterocycles. The molecule has 0 amide bonds. The fourth-order valence-corrected chi connectivity index (χ4v) is 1.17. The van der Waals surface area contributed by atoms with Crippen molar-refractivity contribution in [2.24, 2.45) is 5.73 Å². The fraction of sp³-hybridized carbons (Fsp3) is 0.400. The average Bonchev–Trinajstić information content (AvgIpc) is 2.34. The molecule has 10 heavy (non-hydrogen) atoms. The van der Waals surface area contributed by atoms with Crippen LogP contribution in [0.3, 0.4) is 0 Å². The largest absolute Gasteiger partial charge is 0.326 e. The van der Waals surface area contributed by atoms with Gasteiger partial charge in [-0.2, -0.15) is 0 Å². The summed E-state index contributed by atoms with van der Waals surface area (Å²) >= 11 is 0.955. The van der Waals surface area contributed by atoms with E-state index in [1.54, 1.807) is 0 Å². The monoisotopic (exact) mass is 164 g/mol. The maximum Gasteiger partial charge on any atom is 0.289 e. The number of halogens is 2. The van der Waals surface area contributed by atoms with Gasteiger partial charge in [0.05, 0.1) is 0 Å². The van der Waals surface area contributed by atoms with Crippen LogP contribution in [0.1, 0.15) is 16.3 Å². The maximum atomic E-state index is 11.8. The summed E-state index contributed by atoms with van der Waals surface area (Å²) in [5.41, 5.74) is 5.19. The molecule has 0 saturated carbocycles. The topological polar surface area (TPSA) is 38.9 Å². The summed E-state index contributed by atoms with van der Waals surface area (Å²) < 4.78 is 23.6. The summed E-state index contributed by atoms with van der Waals surface area (Å²) in [5.74, 6) is 0. The third kappa shape index (κ3) is 1.48. The first-order valence-electron chi connectivity index (χ1n) is 2.67. The van der Waals surface area contributed by atoms with Crippen LogP contribution in [0.25, 0.3) is 0 Å². The Hall–Kier alpha value is -0.550. The van der Waals surface area contributed by atoms with Crippen LogP contribution < -0.4 is 5.73 Å². The predicted octanol–water partition coefficient (Wildman–Crippen LogP) is 1.54. The average molecular weight is 164 g/mol. The highest BCUT2D eigenvalue weighted by Gasteiger charge is 2.10. The maximum absolute atomic E-state index is 11.8. The van der Waals surface area contributed by atoms with Crippen molar-refractivity contribution in [2.45, 2.75) is 13.0 Å². The Labute approximate surface area is 60.7 Å². The zero-order valence-corrected chi connectivity index (χ0v) is 5.87. The summed E-state index contributed by atoms with van der Waals surface area (Å²) in [7, 11) is 0. The molecule has 0 fully saturated rings. The molecular formula is C5H6F2N2S. The van der Waals surface area contributed by atoms with E-state index in [9.17, 15) is 8.78 Å². The second kappa shape index (κ2) is 3.03. The second-order valence-corrected chi connectivity index (χ2v) is 2.82. The Balaban J connectivity index is 2.78. The molecule has 2 N–H and O–H groups in total. The van der Waals surface area contributed by atoms with Gasteiger partial charge in [-0.3, -0.25) is 0 Å². The fourth-order valence-electron chi connectivity index (χ4n) is 0.518. The molecule has 5 heteroatoms. The highest BCUT2D eigenvalue weighted by atomic mass is 32.1. The molecule has 0 unspecified atom stereocenters. The molecule has 0 radical (unpaired) electrons. The number of thiazole rings is 1. The van der Waals surface area contributed by atoms with E-state index in [-0.39, 0.29) is 11.6 Å². The zero-order chi connectivity index (χ0) is 7.56. The standard InChI is InChI=1S/C5H6F2N2S/c6-4(7)5-9-2-3(1-8)10-5/h2,4H,1,8H2. The van der Waals surface area contributed by atoms with Crippen molar-refractivity contribution >= 4 is 11.3 Å². The molecule has 1 aromatic rings. The molecule has 56 valence electrons. The van der Waals surface area contributed by atoms with Crippen LogP contribution in [0.15, 0.2) is 6.20 Å². The minimum Gasteiger partial charge on any atom is -0.326 e. The summed E-state index contributed by atoms with van der Waals surface area (Å²) in [6.07, 6.45) is -1.09. The first kappa shape index (κ1) is 7.56. The molecule has 0 bridgehead atoms. The van der Waals surface area contributed by atoms with Crippen LogP contribution >= 0.6 is 11.3 Å². The molecular weight excluding hydrogens is 158 g/mol. The Bertz CT molecular complexity index is 211. The van der Waals surface area contributed by atoms with Gasteiger partial charge in [-0.25, -0.2) is 13.8 Å². The van der Waals surface area contributed by atoms with E-state index in [2.05, 4.69) is 4.98 Å². The highest BCUT2D eigenvalue weighted by molar-refractivity contribution is 7.11. The van der Waals surface area contributed by atoms with E-state index < -0.39 is 6.43 Å². The number of nitrogens with zero attached hydrogens (tertiary/aromatic N) is 1. The number of aromatic nitrogens is 1. The predicted molar refractivity (Wildman–Crippen MR) is 35.0 cm³/mol. The Morgan fingerprint density at radius 1 is 1.70 bits per heavy atom. The van der Waals surface area contributed by atoms with Crippen LogP contribution in [0.4, 0.5) is 8.78 Å². The SMILES string of the molecule is NCc1cnc(C(F)F)s1. The highest BCUT2D eigenvalue weighted by Crippen LogP contribution is 2.23. The van der Waals surface area contributed by atoms with E-state index in [0.717, 1.165) is 11.3 Å². The van der Waals surface area contributed by atoms with Gasteiger partial charge in [0.15, 0.2) is 5.01 Å². The summed E-state index contributed by atoms with van der Waals surface area (Å²) in [6, 6.07) is 0. The van der Waals surface area contributed by atoms with Crippen LogP contribution in [-0.2, 0) is 6.54 Å². The molecule has 2 nitrogen and oxygen atoms in total. The van der Waals surface area contributed by atoms with E-state index in [0.29, 0.717) is 4.88 Å². The van der Waals surface area contributed by atoms with Crippen LogP contribution in [-0.4, -0.2) is 4.98 Å². The van der Waals surface area contributed by atoms with E-state index >= 15 is 0 Å². The van der Waals surface area contributed by atoms with Crippen LogP contribution in [0, 0.1) is 0 Å². The molecule has 0 aliphatic rings. The van der Waals surface area contributed by atoms with Crippen LogP contribution in [0.2, 0.25) is 0 Å². The quantitative estimate of drug-likeness (QED) is 0.720. The lowest BCUT2D eigenvalue weighted by atomic mass is 10.6. The lowest BCUT2D eigenvalue weighted by Gasteiger charge is -1.87. The Kier molecular flexibility index (Phi) is 2.29. The summed E-state index contributed by atoms with van der Waals surface area (Å²) in [4.78, 5) is 4.17. The van der Waals surface area contributed by atoms with Gasteiger partial charge in [-0.1, -0.05) is 0 Å². The molecule has 0 spiro atoms. The number of hydrogen-bond donors (Lipinski definition) is 1. The number of nitrogens with two attached hydrogens (primary N) is 1. The van der Waals surface area contributed by atoms with Crippen molar-refractivity contribution in [1.29, 1.82) is 0 Å². The summed E-state index contributed by atoms with van der Waals surface area (Å²) in [5, 5.41) is -0.152. The van der Waals surface area contributed by atoms with Gasteiger partial charge < -0.3 is 5.73 Å². The van der Waals surface area contributed by atoms with Gasteiger partial charge in [0.2, 0.25) is 0 Å². The lowest BCUT2D eigenvalue weighted by Crippen LogP contribution is -1.91. The van der Waals surface area contributed by atoms with E-state index in [1.807, 2.05) is 0 Å². The van der Waals surface area contributed by atoms with Crippen molar-refractivity contribution in [3.05, 3.63) is 16.1 Å². The smallest absolute Gasteiger partial charge is 0.289 e. The number of alkyl halides is 2. The van der Waals surface area contributed by atoms with Crippen molar-refractivity contribution in [3.8, 4) is 0 Å². The minimum atomic E-state index is -2.47. The molecule has 0 aromatic carbocycles. The summed E-state index contributed by atoms with van der Waals surface area (Å²) in [6.45, 7) is 0.282. The zero-order valence-electron chi connectivity index (χ0n) is 5.05. The molecule has 1 heterocycles. The van der Waals surface area contributed by atoms with Gasteiger partial charge >= 0.3 is 0 Å². The van der Waals surface area contributed by atoms with Gasteiger partial charge in [0, 0.05) is 17.6 Å². The molecule has 0 aliphatic carbocycles. The van der Waals surface area contributed by atoms with Gasteiger partial charge in [0.25, 0.3) is 6.43 Å². The Morgan fingerprint density at radius 3 is 2.70 bits per heavy atom. The van der Waals surface area contributed by atoms with Crippen molar-refractivity contribution in [3.63, 3.8) is 0 Å². The molecule has 0 aliphatic heterocycles. The molecule has 0 atom stereocenters. The molecule has 1 aromatic heterocycles. The second-order valence-electron chi connectivity index (χ2n) is 1.67. The Morgan fingerprint density at radius 2 is 2.40 bits per heavy atom. The van der Waals surface area contributed by atoms with Crippen molar-refractivity contribution in [1.82, 2.24) is 4.98 Å². The third-order valence-electron chi connectivity index (χ3n) is 0.959. The van der Waals surface area contributed by atoms with Gasteiger partial charge in [0.1, 0.15) is 0 Å². The first-order chi connectivity index (χ1) is 4.74. The third-order valence-corrected chi connectivity index (χ3v) is 1.99. The first-order valence-corrected chi connectivity index (χ1v) is 3.48. The lowest BCUT2D eigenvalue weighted by molar-refractivity contribution is 0.151. The molecule has 1 rings (SSSR count). The van der Waals surface area contributed by atoms with E-state index in [1.165, 1.54) is 6.20 Å². The van der Waals surface area contributed by atoms with Gasteiger partial charge in [-0.15, -0.1) is 11.3 Å². The van der Waals surface area contributed by atoms with Crippen LogP contribution in [0.5, 0.6) is 0 Å². The van der Waals surface area contributed by atoms with Gasteiger partial charge in [-0.05, 0) is 0 Å². The number of rotatable bonds is 2. The number of hydrogen-bond acceptors (Lipinski definition) is 3. The van der Waals surface area contributed by atoms with Crippen molar-refractivity contribution in [2.75, 3.05) is 0 Å². The minimum absolute atomic E-state index is 0.152. The normalized spacial score (nSPS) is 10.8. The van der Waals surface area contributed by atoms with E-state index in [4.69, 9.17) is 5.73 Å².